The molecular weight excluding hydrogens is 514 g/mol. The van der Waals surface area contributed by atoms with Gasteiger partial charge in [-0.1, -0.05) is 19.9 Å². The van der Waals surface area contributed by atoms with Crippen LogP contribution in [0, 0.1) is 34.5 Å². The number of anilines is 1. The van der Waals surface area contributed by atoms with E-state index in [1.807, 2.05) is 19.9 Å². The molecule has 208 valence electrons. The van der Waals surface area contributed by atoms with Crippen LogP contribution in [0.15, 0.2) is 30.4 Å². The molecule has 0 unspecified atom stereocenters. The van der Waals surface area contributed by atoms with Crippen LogP contribution in [-0.2, 0) is 21.9 Å². The van der Waals surface area contributed by atoms with Gasteiger partial charge in [-0.05, 0) is 79.5 Å². The SMILES string of the molecule is C[C@]12C=CC(=O)N[C@@H]1[C@H](O)C[C@@H]1[C@@H]2CC[C@]2(C)[C@@H](C(=O)Nc3cc(C(F)(F)F)ccc3C(F)(F)F)CC[C@@H]12. The fourth-order valence-electron chi connectivity index (χ4n) is 8.11. The van der Waals surface area contributed by atoms with E-state index >= 15 is 0 Å². The average molecular weight is 545 g/mol. The molecule has 1 heterocycles. The third kappa shape index (κ3) is 4.21. The minimum Gasteiger partial charge on any atom is -0.391 e. The third-order valence-corrected chi connectivity index (χ3v) is 9.92. The Hall–Kier alpha value is -2.56. The van der Waals surface area contributed by atoms with Crippen molar-refractivity contribution in [1.29, 1.82) is 0 Å². The summed E-state index contributed by atoms with van der Waals surface area (Å²) in [5.41, 5.74) is -4.57. The van der Waals surface area contributed by atoms with Crippen LogP contribution in [0.2, 0.25) is 0 Å². The molecule has 3 fully saturated rings. The van der Waals surface area contributed by atoms with Gasteiger partial charge in [0.1, 0.15) is 0 Å². The Morgan fingerprint density at radius 2 is 1.76 bits per heavy atom. The number of alkyl halides is 6. The van der Waals surface area contributed by atoms with Crippen molar-refractivity contribution >= 4 is 17.5 Å². The Morgan fingerprint density at radius 1 is 1.05 bits per heavy atom. The van der Waals surface area contributed by atoms with Crippen LogP contribution in [-0.4, -0.2) is 29.1 Å². The van der Waals surface area contributed by atoms with Gasteiger partial charge in [-0.25, -0.2) is 0 Å². The molecule has 0 radical (unpaired) electrons. The Balaban J connectivity index is 1.42. The number of aliphatic hydroxyl groups excluding tert-OH is 1. The van der Waals surface area contributed by atoms with Crippen molar-refractivity contribution in [2.45, 2.75) is 70.4 Å². The molecule has 5 rings (SSSR count). The quantitative estimate of drug-likeness (QED) is 0.428. The second kappa shape index (κ2) is 8.72. The van der Waals surface area contributed by atoms with E-state index in [4.69, 9.17) is 0 Å². The lowest BCUT2D eigenvalue weighted by Gasteiger charge is -2.59. The molecule has 3 saturated carbocycles. The summed E-state index contributed by atoms with van der Waals surface area (Å²) in [7, 11) is 0. The van der Waals surface area contributed by atoms with Crippen LogP contribution in [0.4, 0.5) is 32.0 Å². The molecular formula is C27H30F6N2O3. The standard InChI is InChI=1S/C27H30F6N2O3/c1-24-9-7-16-14(12-20(36)22-25(16,2)10-8-21(37)35-22)15(24)5-6-18(24)23(38)34-19-11-13(26(28,29)30)3-4-17(19)27(31,32)33/h3-4,8,10-11,14-16,18,20,22,36H,5-7,9,12H2,1-2H3,(H,34,38)(H,35,37)/t14-,15-,16-,18+,20+,22+,24-,25+/m0/s1. The number of rotatable bonds is 2. The second-order valence-electron chi connectivity index (χ2n) is 11.8. The van der Waals surface area contributed by atoms with Gasteiger partial charge >= 0.3 is 12.4 Å². The maximum absolute atomic E-state index is 13.6. The Labute approximate surface area is 216 Å². The first kappa shape index (κ1) is 27.0. The largest absolute Gasteiger partial charge is 0.418 e. The zero-order chi connectivity index (χ0) is 27.8. The molecule has 1 aliphatic heterocycles. The number of benzene rings is 1. The van der Waals surface area contributed by atoms with Gasteiger partial charge in [0, 0.05) is 11.3 Å². The first-order valence-corrected chi connectivity index (χ1v) is 12.8. The average Bonchev–Trinajstić information content (AvgIpc) is 3.16. The van der Waals surface area contributed by atoms with Crippen LogP contribution in [0.1, 0.15) is 57.1 Å². The maximum atomic E-state index is 13.6. The lowest BCUT2D eigenvalue weighted by molar-refractivity contribution is -0.141. The summed E-state index contributed by atoms with van der Waals surface area (Å²) in [6, 6.07) is 0.624. The molecule has 5 nitrogen and oxygen atoms in total. The minimum absolute atomic E-state index is 0.000881. The molecule has 0 spiro atoms. The molecule has 2 amide bonds. The maximum Gasteiger partial charge on any atom is 0.418 e. The summed E-state index contributed by atoms with van der Waals surface area (Å²) in [5.74, 6) is -1.50. The van der Waals surface area contributed by atoms with Crippen LogP contribution < -0.4 is 10.6 Å². The van der Waals surface area contributed by atoms with Gasteiger partial charge in [-0.3, -0.25) is 9.59 Å². The predicted molar refractivity (Wildman–Crippen MR) is 125 cm³/mol. The van der Waals surface area contributed by atoms with E-state index in [0.717, 1.165) is 0 Å². The predicted octanol–water partition coefficient (Wildman–Crippen LogP) is 5.55. The zero-order valence-corrected chi connectivity index (χ0v) is 20.9. The fourth-order valence-corrected chi connectivity index (χ4v) is 8.11. The van der Waals surface area contributed by atoms with E-state index in [2.05, 4.69) is 10.6 Å². The number of carbonyl (C=O) groups excluding carboxylic acids is 2. The van der Waals surface area contributed by atoms with Crippen LogP contribution in [0.5, 0.6) is 0 Å². The summed E-state index contributed by atoms with van der Waals surface area (Å²) in [6.07, 6.45) is -4.51. The van der Waals surface area contributed by atoms with E-state index in [9.17, 15) is 41.0 Å². The van der Waals surface area contributed by atoms with Crippen molar-refractivity contribution in [3.63, 3.8) is 0 Å². The molecule has 0 bridgehead atoms. The van der Waals surface area contributed by atoms with Gasteiger partial charge in [0.05, 0.1) is 29.0 Å². The van der Waals surface area contributed by atoms with Crippen molar-refractivity contribution in [3.05, 3.63) is 41.5 Å². The number of halogens is 6. The molecule has 11 heteroatoms. The molecule has 38 heavy (non-hydrogen) atoms. The summed E-state index contributed by atoms with van der Waals surface area (Å²) < 4.78 is 80.4. The number of aliphatic hydroxyl groups is 1. The van der Waals surface area contributed by atoms with Crippen molar-refractivity contribution in [2.75, 3.05) is 5.32 Å². The van der Waals surface area contributed by atoms with E-state index < -0.39 is 64.0 Å². The van der Waals surface area contributed by atoms with Crippen molar-refractivity contribution < 1.29 is 41.0 Å². The highest BCUT2D eigenvalue weighted by molar-refractivity contribution is 5.94. The minimum atomic E-state index is -4.94. The van der Waals surface area contributed by atoms with Crippen molar-refractivity contribution in [2.24, 2.45) is 34.5 Å². The summed E-state index contributed by atoms with van der Waals surface area (Å²) in [6.45, 7) is 3.95. The lowest BCUT2D eigenvalue weighted by Crippen LogP contribution is -2.64. The number of nitrogens with one attached hydrogen (secondary N) is 2. The van der Waals surface area contributed by atoms with Crippen LogP contribution >= 0.6 is 0 Å². The normalized spacial score (nSPS) is 38.6. The van der Waals surface area contributed by atoms with E-state index in [-0.39, 0.29) is 23.7 Å². The van der Waals surface area contributed by atoms with Crippen LogP contribution in [0.3, 0.4) is 0 Å². The van der Waals surface area contributed by atoms with Gasteiger partial charge in [0.15, 0.2) is 0 Å². The number of carbonyl (C=O) groups is 2. The Morgan fingerprint density at radius 3 is 2.42 bits per heavy atom. The number of hydrogen-bond donors (Lipinski definition) is 3. The highest BCUT2D eigenvalue weighted by atomic mass is 19.4. The van der Waals surface area contributed by atoms with E-state index in [1.54, 1.807) is 0 Å². The van der Waals surface area contributed by atoms with Gasteiger partial charge < -0.3 is 15.7 Å². The molecule has 4 aliphatic rings. The molecule has 1 aromatic carbocycles. The Kier molecular flexibility index (Phi) is 6.20. The highest BCUT2D eigenvalue weighted by Gasteiger charge is 2.62. The monoisotopic (exact) mass is 544 g/mol. The van der Waals surface area contributed by atoms with Gasteiger partial charge in [0.2, 0.25) is 11.8 Å². The van der Waals surface area contributed by atoms with E-state index in [1.165, 1.54) is 6.08 Å². The smallest absolute Gasteiger partial charge is 0.391 e. The fraction of sp³-hybridized carbons (Fsp3) is 0.630. The first-order valence-electron chi connectivity index (χ1n) is 12.8. The first-order chi connectivity index (χ1) is 17.6. The summed E-state index contributed by atoms with van der Waals surface area (Å²) in [5, 5.41) is 16.1. The van der Waals surface area contributed by atoms with Crippen molar-refractivity contribution in [3.8, 4) is 0 Å². The topological polar surface area (TPSA) is 78.4 Å². The van der Waals surface area contributed by atoms with Gasteiger partial charge in [-0.2, -0.15) is 26.3 Å². The molecule has 3 aliphatic carbocycles. The molecule has 3 N–H and O–H groups in total. The van der Waals surface area contributed by atoms with Gasteiger partial charge in [0.25, 0.3) is 0 Å². The molecule has 0 saturated heterocycles. The zero-order valence-electron chi connectivity index (χ0n) is 20.9. The van der Waals surface area contributed by atoms with Crippen LogP contribution in [0.25, 0.3) is 0 Å². The number of hydrogen-bond acceptors (Lipinski definition) is 3. The summed E-state index contributed by atoms with van der Waals surface area (Å²) >= 11 is 0. The summed E-state index contributed by atoms with van der Waals surface area (Å²) in [4.78, 5) is 25.3. The number of fused-ring (bicyclic) bond motifs is 5. The molecule has 8 atom stereocenters. The molecule has 1 aromatic rings. The van der Waals surface area contributed by atoms with E-state index in [0.29, 0.717) is 50.3 Å². The third-order valence-electron chi connectivity index (χ3n) is 9.92. The second-order valence-corrected chi connectivity index (χ2v) is 11.8. The number of amides is 2. The van der Waals surface area contributed by atoms with Crippen molar-refractivity contribution in [1.82, 2.24) is 5.32 Å². The molecule has 0 aromatic heterocycles. The highest BCUT2D eigenvalue weighted by Crippen LogP contribution is 2.65. The lowest BCUT2D eigenvalue weighted by atomic mass is 9.47. The Bertz CT molecular complexity index is 1180. The van der Waals surface area contributed by atoms with Gasteiger partial charge in [-0.15, -0.1) is 0 Å².